The van der Waals surface area contributed by atoms with Crippen molar-refractivity contribution in [2.45, 2.75) is 38.7 Å². The Morgan fingerprint density at radius 2 is 2.00 bits per heavy atom. The van der Waals surface area contributed by atoms with Crippen LogP contribution in [0.4, 0.5) is 0 Å². The second kappa shape index (κ2) is 5.32. The van der Waals surface area contributed by atoms with Crippen LogP contribution in [-0.2, 0) is 11.2 Å². The van der Waals surface area contributed by atoms with Crippen molar-refractivity contribution in [2.75, 3.05) is 6.61 Å². The molecule has 1 nitrogen and oxygen atoms in total. The van der Waals surface area contributed by atoms with E-state index in [-0.39, 0.29) is 0 Å². The van der Waals surface area contributed by atoms with E-state index in [0.29, 0.717) is 6.10 Å². The number of hydrogen-bond donors (Lipinski definition) is 0. The molecule has 0 unspecified atom stereocenters. The lowest BCUT2D eigenvalue weighted by Gasteiger charge is -2.34. The summed E-state index contributed by atoms with van der Waals surface area (Å²) < 4.78 is 5.50. The number of benzene rings is 1. The topological polar surface area (TPSA) is 9.23 Å². The van der Waals surface area contributed by atoms with E-state index in [1.807, 2.05) is 0 Å². The van der Waals surface area contributed by atoms with Crippen LogP contribution in [-0.4, -0.2) is 12.7 Å². The number of rotatable bonds is 5. The van der Waals surface area contributed by atoms with Crippen LogP contribution in [0.3, 0.4) is 0 Å². The van der Waals surface area contributed by atoms with Crippen LogP contribution in [0.15, 0.2) is 30.3 Å². The third-order valence-corrected chi connectivity index (χ3v) is 3.25. The Labute approximate surface area is 92.5 Å². The van der Waals surface area contributed by atoms with Crippen LogP contribution < -0.4 is 0 Å². The summed E-state index contributed by atoms with van der Waals surface area (Å²) >= 11 is 0. The first kappa shape index (κ1) is 10.7. The lowest BCUT2D eigenvalue weighted by molar-refractivity contribution is -0.110. The van der Waals surface area contributed by atoms with E-state index < -0.39 is 0 Å². The van der Waals surface area contributed by atoms with Crippen molar-refractivity contribution >= 4 is 0 Å². The summed E-state index contributed by atoms with van der Waals surface area (Å²) in [6.45, 7) is 3.26. The molecule has 0 aromatic heterocycles. The van der Waals surface area contributed by atoms with Crippen LogP contribution in [0.25, 0.3) is 0 Å². The maximum atomic E-state index is 5.50. The van der Waals surface area contributed by atoms with Gasteiger partial charge in [0.15, 0.2) is 0 Å². The average Bonchev–Trinajstić information content (AvgIpc) is 2.28. The Bertz CT molecular complexity index is 281. The Balaban J connectivity index is 1.59. The highest BCUT2D eigenvalue weighted by atomic mass is 16.5. The highest BCUT2D eigenvalue weighted by molar-refractivity contribution is 5.14. The Kier molecular flexibility index (Phi) is 3.79. The highest BCUT2D eigenvalue weighted by Gasteiger charge is 2.26. The molecule has 2 rings (SSSR count). The average molecular weight is 204 g/mol. The molecule has 1 heterocycles. The highest BCUT2D eigenvalue weighted by Crippen LogP contribution is 2.24. The van der Waals surface area contributed by atoms with Gasteiger partial charge in [0.2, 0.25) is 0 Å². The minimum absolute atomic E-state index is 0.556. The fourth-order valence-corrected chi connectivity index (χ4v) is 2.11. The third-order valence-electron chi connectivity index (χ3n) is 3.25. The van der Waals surface area contributed by atoms with Gasteiger partial charge in [0.05, 0.1) is 12.7 Å². The molecule has 0 amide bonds. The molecule has 0 saturated carbocycles. The summed E-state index contributed by atoms with van der Waals surface area (Å²) in [4.78, 5) is 0. The number of ether oxygens (including phenoxy) is 1. The van der Waals surface area contributed by atoms with Crippen molar-refractivity contribution < 1.29 is 4.74 Å². The molecule has 1 saturated heterocycles. The fraction of sp³-hybridized carbons (Fsp3) is 0.571. The fourth-order valence-electron chi connectivity index (χ4n) is 2.11. The predicted octanol–water partition coefficient (Wildman–Crippen LogP) is 3.43. The molecular formula is C14H20O. The van der Waals surface area contributed by atoms with E-state index >= 15 is 0 Å². The lowest BCUT2D eigenvalue weighted by atomic mass is 9.94. The molecule has 2 atom stereocenters. The SMILES string of the molecule is C[C@H]1CO[C@H]1CCCCc1ccccc1. The molecule has 0 radical (unpaired) electrons. The second-order valence-electron chi connectivity index (χ2n) is 4.58. The van der Waals surface area contributed by atoms with E-state index in [1.165, 1.54) is 31.2 Å². The van der Waals surface area contributed by atoms with Gasteiger partial charge in [-0.1, -0.05) is 43.7 Å². The zero-order chi connectivity index (χ0) is 10.5. The molecule has 0 N–H and O–H groups in total. The van der Waals surface area contributed by atoms with Crippen LogP contribution in [0.5, 0.6) is 0 Å². The van der Waals surface area contributed by atoms with E-state index in [2.05, 4.69) is 37.3 Å². The first-order chi connectivity index (χ1) is 7.36. The quantitative estimate of drug-likeness (QED) is 0.668. The van der Waals surface area contributed by atoms with Crippen molar-refractivity contribution in [3.8, 4) is 0 Å². The molecular weight excluding hydrogens is 184 g/mol. The Morgan fingerprint density at radius 1 is 1.20 bits per heavy atom. The van der Waals surface area contributed by atoms with Gasteiger partial charge in [-0.05, 0) is 24.8 Å². The number of hydrogen-bond acceptors (Lipinski definition) is 1. The van der Waals surface area contributed by atoms with Crippen LogP contribution >= 0.6 is 0 Å². The first-order valence-corrected chi connectivity index (χ1v) is 6.02. The van der Waals surface area contributed by atoms with Crippen molar-refractivity contribution in [3.05, 3.63) is 35.9 Å². The Hall–Kier alpha value is -0.820. The van der Waals surface area contributed by atoms with Gasteiger partial charge in [-0.2, -0.15) is 0 Å². The maximum Gasteiger partial charge on any atom is 0.0622 e. The summed E-state index contributed by atoms with van der Waals surface area (Å²) in [5.74, 6) is 0.793. The minimum Gasteiger partial charge on any atom is -0.377 e. The standard InChI is InChI=1S/C14H20O/c1-12-11-15-14(12)10-6-5-9-13-7-3-2-4-8-13/h2-4,7-8,12,14H,5-6,9-11H2,1H3/t12-,14-/m0/s1. The van der Waals surface area contributed by atoms with Crippen LogP contribution in [0, 0.1) is 5.92 Å². The smallest absolute Gasteiger partial charge is 0.0622 e. The van der Waals surface area contributed by atoms with Gasteiger partial charge in [0.1, 0.15) is 0 Å². The van der Waals surface area contributed by atoms with Crippen LogP contribution in [0.1, 0.15) is 31.7 Å². The number of unbranched alkanes of at least 4 members (excludes halogenated alkanes) is 1. The monoisotopic (exact) mass is 204 g/mol. The van der Waals surface area contributed by atoms with Gasteiger partial charge in [0, 0.05) is 5.92 Å². The van der Waals surface area contributed by atoms with Gasteiger partial charge in [-0.15, -0.1) is 0 Å². The molecule has 0 bridgehead atoms. The van der Waals surface area contributed by atoms with E-state index in [4.69, 9.17) is 4.74 Å². The summed E-state index contributed by atoms with van der Waals surface area (Å²) in [6.07, 6.45) is 5.59. The third kappa shape index (κ3) is 3.07. The summed E-state index contributed by atoms with van der Waals surface area (Å²) in [6, 6.07) is 10.7. The Morgan fingerprint density at radius 3 is 2.60 bits per heavy atom. The zero-order valence-electron chi connectivity index (χ0n) is 9.49. The molecule has 0 spiro atoms. The van der Waals surface area contributed by atoms with Gasteiger partial charge in [-0.25, -0.2) is 0 Å². The first-order valence-electron chi connectivity index (χ1n) is 6.02. The van der Waals surface area contributed by atoms with Crippen molar-refractivity contribution in [1.29, 1.82) is 0 Å². The van der Waals surface area contributed by atoms with Gasteiger partial charge >= 0.3 is 0 Å². The maximum absolute atomic E-state index is 5.50. The molecule has 1 aliphatic rings. The molecule has 82 valence electrons. The van der Waals surface area contributed by atoms with Crippen LogP contribution in [0.2, 0.25) is 0 Å². The molecule has 1 aliphatic heterocycles. The van der Waals surface area contributed by atoms with E-state index in [0.717, 1.165) is 12.5 Å². The zero-order valence-corrected chi connectivity index (χ0v) is 9.49. The summed E-state index contributed by atoms with van der Waals surface area (Å²) in [5, 5.41) is 0. The van der Waals surface area contributed by atoms with Gasteiger partial charge in [-0.3, -0.25) is 0 Å². The molecule has 1 aromatic rings. The molecule has 0 aliphatic carbocycles. The summed E-state index contributed by atoms with van der Waals surface area (Å²) in [7, 11) is 0. The summed E-state index contributed by atoms with van der Waals surface area (Å²) in [5.41, 5.74) is 1.46. The normalized spacial score (nSPS) is 24.9. The van der Waals surface area contributed by atoms with E-state index in [1.54, 1.807) is 0 Å². The second-order valence-corrected chi connectivity index (χ2v) is 4.58. The lowest BCUT2D eigenvalue weighted by Crippen LogP contribution is -2.37. The minimum atomic E-state index is 0.556. The van der Waals surface area contributed by atoms with E-state index in [9.17, 15) is 0 Å². The predicted molar refractivity (Wildman–Crippen MR) is 62.9 cm³/mol. The molecule has 1 fully saturated rings. The van der Waals surface area contributed by atoms with Crippen molar-refractivity contribution in [1.82, 2.24) is 0 Å². The molecule has 1 heteroatoms. The largest absolute Gasteiger partial charge is 0.377 e. The van der Waals surface area contributed by atoms with Gasteiger partial charge in [0.25, 0.3) is 0 Å². The molecule has 15 heavy (non-hydrogen) atoms. The number of aryl methyl sites for hydroxylation is 1. The van der Waals surface area contributed by atoms with Crippen molar-refractivity contribution in [2.24, 2.45) is 5.92 Å². The van der Waals surface area contributed by atoms with Crippen molar-refractivity contribution in [3.63, 3.8) is 0 Å². The molecule has 1 aromatic carbocycles. The van der Waals surface area contributed by atoms with Gasteiger partial charge < -0.3 is 4.74 Å².